The summed E-state index contributed by atoms with van der Waals surface area (Å²) in [5.74, 6) is 0.0810. The van der Waals surface area contributed by atoms with Crippen molar-refractivity contribution in [3.8, 4) is 6.07 Å². The number of hydrogen-bond donors (Lipinski definition) is 2. The summed E-state index contributed by atoms with van der Waals surface area (Å²) in [6, 6.07) is 17.8. The SMILES string of the molecule is C=C(NCc1ccc(F)cc1)c1nc(N2CCC3(CC2)C(=O)NCN3c2ccccc2)n(C)c(=O)c1C#N. The second-order valence-corrected chi connectivity index (χ2v) is 9.52. The van der Waals surface area contributed by atoms with Gasteiger partial charge in [-0.05, 0) is 42.7 Å². The second kappa shape index (κ2) is 10.0. The van der Waals surface area contributed by atoms with E-state index >= 15 is 0 Å². The normalized spacial score (nSPS) is 16.3. The van der Waals surface area contributed by atoms with Crippen molar-refractivity contribution in [2.45, 2.75) is 24.9 Å². The van der Waals surface area contributed by atoms with E-state index in [0.717, 1.165) is 11.3 Å². The number of nitrogens with zero attached hydrogens (tertiary/aromatic N) is 5. The van der Waals surface area contributed by atoms with Crippen LogP contribution in [0.25, 0.3) is 5.70 Å². The molecule has 10 heteroatoms. The van der Waals surface area contributed by atoms with Gasteiger partial charge >= 0.3 is 0 Å². The zero-order valence-electron chi connectivity index (χ0n) is 21.1. The maximum absolute atomic E-state index is 13.2. The van der Waals surface area contributed by atoms with Crippen molar-refractivity contribution in [3.05, 3.63) is 94.2 Å². The van der Waals surface area contributed by atoms with Gasteiger partial charge in [-0.1, -0.05) is 36.9 Å². The Bertz CT molecular complexity index is 1470. The van der Waals surface area contributed by atoms with E-state index in [2.05, 4.69) is 22.1 Å². The Morgan fingerprint density at radius 2 is 1.84 bits per heavy atom. The van der Waals surface area contributed by atoms with Crippen LogP contribution in [0.3, 0.4) is 0 Å². The van der Waals surface area contributed by atoms with E-state index in [1.165, 1.54) is 16.7 Å². The molecule has 0 bridgehead atoms. The average molecular weight is 514 g/mol. The molecule has 2 saturated heterocycles. The van der Waals surface area contributed by atoms with Gasteiger partial charge < -0.3 is 20.4 Å². The number of piperidine rings is 1. The smallest absolute Gasteiger partial charge is 0.273 e. The first-order chi connectivity index (χ1) is 18.3. The predicted molar refractivity (Wildman–Crippen MR) is 143 cm³/mol. The van der Waals surface area contributed by atoms with Gasteiger partial charge in [0.2, 0.25) is 11.9 Å². The summed E-state index contributed by atoms with van der Waals surface area (Å²) in [5, 5.41) is 15.8. The molecule has 0 aliphatic carbocycles. The lowest BCUT2D eigenvalue weighted by atomic mass is 9.85. The molecule has 0 saturated carbocycles. The highest BCUT2D eigenvalue weighted by molar-refractivity contribution is 5.93. The molecule has 5 rings (SSSR count). The minimum absolute atomic E-state index is 0.00161. The highest BCUT2D eigenvalue weighted by atomic mass is 19.1. The van der Waals surface area contributed by atoms with Gasteiger partial charge in [-0.15, -0.1) is 0 Å². The largest absolute Gasteiger partial charge is 0.380 e. The van der Waals surface area contributed by atoms with Crippen LogP contribution in [0.4, 0.5) is 16.0 Å². The third kappa shape index (κ3) is 4.36. The molecule has 0 radical (unpaired) electrons. The zero-order valence-corrected chi connectivity index (χ0v) is 21.1. The number of nitrogens with one attached hydrogen (secondary N) is 2. The van der Waals surface area contributed by atoms with Crippen LogP contribution >= 0.6 is 0 Å². The van der Waals surface area contributed by atoms with Gasteiger partial charge in [-0.2, -0.15) is 5.26 Å². The fraction of sp³-hybridized carbons (Fsp3) is 0.286. The van der Waals surface area contributed by atoms with Crippen molar-refractivity contribution < 1.29 is 9.18 Å². The molecule has 3 heterocycles. The van der Waals surface area contributed by atoms with Crippen molar-refractivity contribution >= 4 is 23.2 Å². The van der Waals surface area contributed by atoms with Gasteiger partial charge in [0.15, 0.2) is 0 Å². The minimum Gasteiger partial charge on any atom is -0.380 e. The summed E-state index contributed by atoms with van der Waals surface area (Å²) >= 11 is 0. The van der Waals surface area contributed by atoms with E-state index in [9.17, 15) is 19.2 Å². The van der Waals surface area contributed by atoms with E-state index in [4.69, 9.17) is 4.98 Å². The first-order valence-electron chi connectivity index (χ1n) is 12.4. The van der Waals surface area contributed by atoms with Crippen LogP contribution in [0, 0.1) is 17.1 Å². The fourth-order valence-corrected chi connectivity index (χ4v) is 5.20. The number of hydrogen-bond acceptors (Lipinski definition) is 7. The molecule has 1 aromatic heterocycles. The lowest BCUT2D eigenvalue weighted by Crippen LogP contribution is -2.57. The average Bonchev–Trinajstić information content (AvgIpc) is 3.25. The topological polar surface area (TPSA) is 106 Å². The maximum Gasteiger partial charge on any atom is 0.273 e. The number of carbonyl (C=O) groups excluding carboxylic acids is 1. The Morgan fingerprint density at radius 3 is 2.50 bits per heavy atom. The van der Waals surface area contributed by atoms with E-state index in [-0.39, 0.29) is 23.0 Å². The standard InChI is InChI=1S/C28H28FN7O2/c1-19(31-17-20-8-10-21(29)11-9-20)24-23(16-30)25(37)34(2)27(33-24)35-14-12-28(13-15-35)26(38)32-18-36(28)22-6-4-3-5-7-22/h3-11,31H,1,12-15,17-18H2,2H3,(H,32,38). The Kier molecular flexibility index (Phi) is 6.59. The summed E-state index contributed by atoms with van der Waals surface area (Å²) in [6.07, 6.45) is 1.09. The van der Waals surface area contributed by atoms with E-state index in [0.29, 0.717) is 50.8 Å². The molecule has 0 atom stereocenters. The summed E-state index contributed by atoms with van der Waals surface area (Å²) in [4.78, 5) is 34.9. The second-order valence-electron chi connectivity index (χ2n) is 9.52. The summed E-state index contributed by atoms with van der Waals surface area (Å²) < 4.78 is 14.6. The van der Waals surface area contributed by atoms with Crippen LogP contribution in [-0.4, -0.2) is 40.8 Å². The quantitative estimate of drug-likeness (QED) is 0.522. The Hall–Kier alpha value is -4.65. The van der Waals surface area contributed by atoms with Crippen LogP contribution in [0.15, 0.2) is 66.0 Å². The maximum atomic E-state index is 13.2. The van der Waals surface area contributed by atoms with Gasteiger partial charge in [-0.3, -0.25) is 14.2 Å². The lowest BCUT2D eigenvalue weighted by Gasteiger charge is -2.43. The van der Waals surface area contributed by atoms with E-state index < -0.39 is 11.1 Å². The Balaban J connectivity index is 1.39. The van der Waals surface area contributed by atoms with Crippen LogP contribution in [0.1, 0.15) is 29.7 Å². The number of nitriles is 1. The van der Waals surface area contributed by atoms with Crippen molar-refractivity contribution in [1.82, 2.24) is 20.2 Å². The predicted octanol–water partition coefficient (Wildman–Crippen LogP) is 2.48. The number of rotatable bonds is 6. The van der Waals surface area contributed by atoms with E-state index in [1.54, 1.807) is 19.2 Å². The molecule has 2 fully saturated rings. The number of aromatic nitrogens is 2. The molecule has 2 N–H and O–H groups in total. The Morgan fingerprint density at radius 1 is 1.16 bits per heavy atom. The van der Waals surface area contributed by atoms with Crippen molar-refractivity contribution in [3.63, 3.8) is 0 Å². The van der Waals surface area contributed by atoms with Crippen molar-refractivity contribution in [2.75, 3.05) is 29.6 Å². The molecule has 9 nitrogen and oxygen atoms in total. The third-order valence-electron chi connectivity index (χ3n) is 7.36. The zero-order chi connectivity index (χ0) is 26.9. The third-order valence-corrected chi connectivity index (χ3v) is 7.36. The number of amides is 1. The minimum atomic E-state index is -0.674. The van der Waals surface area contributed by atoms with Crippen LogP contribution in [-0.2, 0) is 18.4 Å². The van der Waals surface area contributed by atoms with Gasteiger partial charge in [-0.25, -0.2) is 9.37 Å². The number of benzene rings is 2. The van der Waals surface area contributed by atoms with Crippen LogP contribution < -0.4 is 26.0 Å². The molecule has 1 amide bonds. The monoisotopic (exact) mass is 513 g/mol. The Labute approximate surface area is 219 Å². The number of para-hydroxylation sites is 1. The summed E-state index contributed by atoms with van der Waals surface area (Å²) in [6.45, 7) is 5.78. The van der Waals surface area contributed by atoms with Gasteiger partial charge in [0.1, 0.15) is 28.7 Å². The van der Waals surface area contributed by atoms with Crippen LogP contribution in [0.5, 0.6) is 0 Å². The van der Waals surface area contributed by atoms with E-state index in [1.807, 2.05) is 41.3 Å². The van der Waals surface area contributed by atoms with Crippen molar-refractivity contribution in [1.29, 1.82) is 5.26 Å². The number of anilines is 2. The molecule has 38 heavy (non-hydrogen) atoms. The molecule has 1 spiro atoms. The lowest BCUT2D eigenvalue weighted by molar-refractivity contribution is -0.124. The highest BCUT2D eigenvalue weighted by Crippen LogP contribution is 2.37. The van der Waals surface area contributed by atoms with Crippen LogP contribution in [0.2, 0.25) is 0 Å². The molecule has 2 aliphatic rings. The molecule has 2 aromatic carbocycles. The first kappa shape index (κ1) is 25.0. The fourth-order valence-electron chi connectivity index (χ4n) is 5.20. The molecule has 194 valence electrons. The molecular formula is C28H28FN7O2. The molecular weight excluding hydrogens is 485 g/mol. The van der Waals surface area contributed by atoms with Crippen molar-refractivity contribution in [2.24, 2.45) is 7.05 Å². The number of carbonyl (C=O) groups is 1. The van der Waals surface area contributed by atoms with Gasteiger partial charge in [0.05, 0.1) is 12.4 Å². The first-order valence-corrected chi connectivity index (χ1v) is 12.4. The summed E-state index contributed by atoms with van der Waals surface area (Å²) in [5.41, 5.74) is 1.05. The van der Waals surface area contributed by atoms with Gasteiger partial charge in [0.25, 0.3) is 5.56 Å². The highest BCUT2D eigenvalue weighted by Gasteiger charge is 2.50. The molecule has 0 unspecified atom stereocenters. The molecule has 2 aliphatic heterocycles. The molecule has 3 aromatic rings. The van der Waals surface area contributed by atoms with Gasteiger partial charge in [0, 0.05) is 32.4 Å². The number of halogens is 1. The summed E-state index contributed by atoms with van der Waals surface area (Å²) in [7, 11) is 1.59.